The molecule has 0 amide bonds. The molecule has 2 aromatic heterocycles. The first-order valence-corrected chi connectivity index (χ1v) is 11.2. The van der Waals surface area contributed by atoms with Crippen LogP contribution in [0.4, 0.5) is 5.82 Å². The van der Waals surface area contributed by atoms with Crippen molar-refractivity contribution >= 4 is 28.9 Å². The fourth-order valence-electron chi connectivity index (χ4n) is 3.93. The molecule has 0 aliphatic heterocycles. The lowest BCUT2D eigenvalue weighted by Crippen LogP contribution is -2.43. The molecule has 0 saturated carbocycles. The number of ketones is 1. The Morgan fingerprint density at radius 2 is 1.88 bits per heavy atom. The summed E-state index contributed by atoms with van der Waals surface area (Å²) in [6.07, 6.45) is 2.33. The number of anilines is 1. The quantitative estimate of drug-likeness (QED) is 0.453. The second kappa shape index (κ2) is 8.58. The second-order valence-electron chi connectivity index (χ2n) is 7.68. The van der Waals surface area contributed by atoms with Crippen molar-refractivity contribution in [1.29, 1.82) is 0 Å². The number of esters is 1. The summed E-state index contributed by atoms with van der Waals surface area (Å²) in [6.45, 7) is 1.47. The van der Waals surface area contributed by atoms with Gasteiger partial charge in [-0.1, -0.05) is 31.2 Å². The van der Waals surface area contributed by atoms with Crippen LogP contribution in [0.3, 0.4) is 0 Å². The molecule has 4 rings (SSSR count). The van der Waals surface area contributed by atoms with E-state index >= 15 is 0 Å². The molecule has 0 atom stereocenters. The largest absolute Gasteiger partial charge is 0.453 e. The van der Waals surface area contributed by atoms with E-state index in [9.17, 15) is 19.2 Å². The van der Waals surface area contributed by atoms with Crippen LogP contribution in [0.2, 0.25) is 0 Å². The monoisotopic (exact) mass is 453 g/mol. The smallest absolute Gasteiger partial charge is 0.348 e. The van der Waals surface area contributed by atoms with Crippen molar-refractivity contribution in [3.8, 4) is 10.4 Å². The third-order valence-corrected chi connectivity index (χ3v) is 6.77. The van der Waals surface area contributed by atoms with Gasteiger partial charge in [-0.05, 0) is 42.0 Å². The number of aryl methyl sites for hydroxylation is 2. The van der Waals surface area contributed by atoms with Crippen LogP contribution < -0.4 is 17.0 Å². The maximum atomic E-state index is 12.7. The minimum absolute atomic E-state index is 0.204. The first-order valence-electron chi connectivity index (χ1n) is 10.3. The van der Waals surface area contributed by atoms with Gasteiger partial charge in [0.1, 0.15) is 16.3 Å². The van der Waals surface area contributed by atoms with Crippen LogP contribution in [0.25, 0.3) is 10.4 Å². The molecule has 0 spiro atoms. The average Bonchev–Trinajstić information content (AvgIpc) is 3.24. The predicted molar refractivity (Wildman–Crippen MR) is 122 cm³/mol. The standard InChI is InChI=1S/C23H23N3O5S/c1-3-10-26-20(24)18(21(28)25(2)23(26)30)16(27)12-31-22(29)17-11-14-9-8-13-6-4-5-7-15(13)19(14)32-17/h4-7,11H,3,8-10,12,24H2,1-2H3. The zero-order chi connectivity index (χ0) is 23.0. The SMILES string of the molecule is CCCn1c(N)c(C(=O)COC(=O)c2cc3c(s2)-c2ccccc2CC3)c(=O)n(C)c1=O. The molecule has 2 heterocycles. The lowest BCUT2D eigenvalue weighted by Gasteiger charge is -2.15. The number of ether oxygens (including phenoxy) is 1. The number of benzene rings is 1. The topological polar surface area (TPSA) is 113 Å². The van der Waals surface area contributed by atoms with Crippen LogP contribution in [-0.4, -0.2) is 27.5 Å². The van der Waals surface area contributed by atoms with E-state index in [1.54, 1.807) is 6.07 Å². The molecule has 0 fully saturated rings. The number of hydrogen-bond acceptors (Lipinski definition) is 7. The molecule has 1 aromatic carbocycles. The normalized spacial score (nSPS) is 12.2. The molecule has 2 N–H and O–H groups in total. The van der Waals surface area contributed by atoms with Crippen molar-refractivity contribution in [2.45, 2.75) is 32.7 Å². The van der Waals surface area contributed by atoms with Crippen molar-refractivity contribution in [1.82, 2.24) is 9.13 Å². The van der Waals surface area contributed by atoms with Crippen LogP contribution in [0.5, 0.6) is 0 Å². The highest BCUT2D eigenvalue weighted by Crippen LogP contribution is 2.39. The van der Waals surface area contributed by atoms with E-state index in [2.05, 4.69) is 6.07 Å². The average molecular weight is 454 g/mol. The molecule has 32 heavy (non-hydrogen) atoms. The Labute approximate surface area is 187 Å². The Kier molecular flexibility index (Phi) is 5.84. The van der Waals surface area contributed by atoms with E-state index in [1.807, 2.05) is 25.1 Å². The van der Waals surface area contributed by atoms with E-state index in [0.29, 0.717) is 11.3 Å². The summed E-state index contributed by atoms with van der Waals surface area (Å²) >= 11 is 1.33. The number of carbonyl (C=O) groups excluding carboxylic acids is 2. The highest BCUT2D eigenvalue weighted by Gasteiger charge is 2.25. The minimum atomic E-state index is -0.802. The molecule has 0 radical (unpaired) electrons. The van der Waals surface area contributed by atoms with Crippen molar-refractivity contribution in [2.24, 2.45) is 7.05 Å². The molecule has 1 aliphatic rings. The molecular formula is C23H23N3O5S. The van der Waals surface area contributed by atoms with Gasteiger partial charge in [-0.25, -0.2) is 9.59 Å². The number of carbonyl (C=O) groups is 2. The zero-order valence-corrected chi connectivity index (χ0v) is 18.7. The number of aromatic nitrogens is 2. The van der Waals surface area contributed by atoms with Crippen molar-refractivity contribution in [3.63, 3.8) is 0 Å². The van der Waals surface area contributed by atoms with Crippen molar-refractivity contribution in [3.05, 3.63) is 72.7 Å². The van der Waals surface area contributed by atoms with Gasteiger partial charge in [-0.3, -0.25) is 18.7 Å². The number of Topliss-reactive ketones (excluding diaryl/α,β-unsaturated/α-hetero) is 1. The summed E-state index contributed by atoms with van der Waals surface area (Å²) in [5, 5.41) is 0. The van der Waals surface area contributed by atoms with Gasteiger partial charge in [-0.2, -0.15) is 0 Å². The van der Waals surface area contributed by atoms with Gasteiger partial charge in [0.15, 0.2) is 6.61 Å². The minimum Gasteiger partial charge on any atom is -0.453 e. The predicted octanol–water partition coefficient (Wildman–Crippen LogP) is 2.41. The third kappa shape index (κ3) is 3.69. The van der Waals surface area contributed by atoms with Crippen molar-refractivity contribution in [2.75, 3.05) is 12.3 Å². The Morgan fingerprint density at radius 3 is 2.62 bits per heavy atom. The summed E-state index contributed by atoms with van der Waals surface area (Å²) in [7, 11) is 1.28. The lowest BCUT2D eigenvalue weighted by atomic mass is 9.91. The zero-order valence-electron chi connectivity index (χ0n) is 17.8. The van der Waals surface area contributed by atoms with Gasteiger partial charge >= 0.3 is 11.7 Å². The van der Waals surface area contributed by atoms with Crippen LogP contribution in [0, 0.1) is 0 Å². The number of nitrogens with zero attached hydrogens (tertiary/aromatic N) is 2. The van der Waals surface area contributed by atoms with Gasteiger partial charge < -0.3 is 10.5 Å². The van der Waals surface area contributed by atoms with E-state index in [-0.39, 0.29) is 17.9 Å². The molecule has 0 bridgehead atoms. The fourth-order valence-corrected chi connectivity index (χ4v) is 5.10. The fraction of sp³-hybridized carbons (Fsp3) is 0.304. The van der Waals surface area contributed by atoms with E-state index in [4.69, 9.17) is 10.5 Å². The molecule has 0 saturated heterocycles. The van der Waals surface area contributed by atoms with E-state index < -0.39 is 29.6 Å². The van der Waals surface area contributed by atoms with Crippen LogP contribution in [-0.2, 0) is 31.2 Å². The first kappa shape index (κ1) is 21.8. The molecule has 166 valence electrons. The Balaban J connectivity index is 1.55. The Hall–Kier alpha value is -3.46. The molecule has 8 nitrogen and oxygen atoms in total. The van der Waals surface area contributed by atoms with Gasteiger partial charge in [0, 0.05) is 18.5 Å². The van der Waals surface area contributed by atoms with Gasteiger partial charge in [0.05, 0.1) is 0 Å². The van der Waals surface area contributed by atoms with E-state index in [1.165, 1.54) is 28.5 Å². The number of thiophene rings is 1. The molecule has 3 aromatic rings. The lowest BCUT2D eigenvalue weighted by molar-refractivity contribution is 0.0479. The number of nitrogens with two attached hydrogens (primary N) is 1. The molecule has 1 aliphatic carbocycles. The second-order valence-corrected chi connectivity index (χ2v) is 8.73. The highest BCUT2D eigenvalue weighted by molar-refractivity contribution is 7.17. The van der Waals surface area contributed by atoms with Gasteiger partial charge in [0.2, 0.25) is 5.78 Å². The number of rotatable bonds is 6. The maximum absolute atomic E-state index is 12.7. The van der Waals surface area contributed by atoms with Gasteiger partial charge in [0.25, 0.3) is 5.56 Å². The molecule has 9 heteroatoms. The molecule has 0 unspecified atom stereocenters. The van der Waals surface area contributed by atoms with Crippen LogP contribution >= 0.6 is 11.3 Å². The summed E-state index contributed by atoms with van der Waals surface area (Å²) in [5.41, 5.74) is 7.66. The van der Waals surface area contributed by atoms with Gasteiger partial charge in [-0.15, -0.1) is 11.3 Å². The number of hydrogen-bond donors (Lipinski definition) is 1. The maximum Gasteiger partial charge on any atom is 0.348 e. The van der Waals surface area contributed by atoms with Crippen molar-refractivity contribution < 1.29 is 14.3 Å². The highest BCUT2D eigenvalue weighted by atomic mass is 32.1. The number of fused-ring (bicyclic) bond motifs is 3. The summed E-state index contributed by atoms with van der Waals surface area (Å²) in [5.74, 6) is -1.58. The number of nitrogen functional groups attached to an aromatic ring is 1. The Morgan fingerprint density at radius 1 is 1.16 bits per heavy atom. The first-order chi connectivity index (χ1) is 15.3. The van der Waals surface area contributed by atoms with Crippen LogP contribution in [0.1, 0.15) is 44.5 Å². The third-order valence-electron chi connectivity index (χ3n) is 5.58. The molecular weight excluding hydrogens is 430 g/mol. The van der Waals surface area contributed by atoms with Crippen LogP contribution in [0.15, 0.2) is 39.9 Å². The summed E-state index contributed by atoms with van der Waals surface area (Å²) < 4.78 is 7.24. The Bertz CT molecular complexity index is 1350. The van der Waals surface area contributed by atoms with E-state index in [0.717, 1.165) is 33.4 Å². The summed E-state index contributed by atoms with van der Waals surface area (Å²) in [4.78, 5) is 51.5. The summed E-state index contributed by atoms with van der Waals surface area (Å²) in [6, 6.07) is 9.88.